The highest BCUT2D eigenvalue weighted by molar-refractivity contribution is 14.1. The third-order valence-corrected chi connectivity index (χ3v) is 3.22. The lowest BCUT2D eigenvalue weighted by molar-refractivity contribution is 1.32. The number of hydrogen-bond acceptors (Lipinski definition) is 3. The lowest BCUT2D eigenvalue weighted by Gasteiger charge is -2.06. The summed E-state index contributed by atoms with van der Waals surface area (Å²) in [6.45, 7) is 0. The summed E-state index contributed by atoms with van der Waals surface area (Å²) in [5, 5.41) is 9.26. The van der Waals surface area contributed by atoms with Crippen molar-refractivity contribution in [2.45, 2.75) is 0 Å². The van der Waals surface area contributed by atoms with Crippen LogP contribution in [0, 0.1) is 14.9 Å². The number of aromatic nitrogens is 1. The number of rotatable bonds is 2. The number of pyridine rings is 1. The summed E-state index contributed by atoms with van der Waals surface area (Å²) in [5.74, 6) is 0. The van der Waals surface area contributed by atoms with Crippen LogP contribution in [0.3, 0.4) is 0 Å². The summed E-state index contributed by atoms with van der Waals surface area (Å²) in [4.78, 5) is 3.93. The molecule has 2 aromatic rings. The van der Waals surface area contributed by atoms with Gasteiger partial charge in [-0.15, -0.1) is 0 Å². The van der Waals surface area contributed by atoms with Crippen LogP contribution in [-0.2, 0) is 0 Å². The molecular weight excluding hydrogens is 337 g/mol. The molecule has 3 nitrogen and oxygen atoms in total. The minimum Gasteiger partial charge on any atom is -0.397 e. The first-order chi connectivity index (χ1) is 8.72. The van der Waals surface area contributed by atoms with Crippen molar-refractivity contribution in [3.8, 4) is 6.07 Å². The Morgan fingerprint density at radius 3 is 2.22 bits per heavy atom. The summed E-state index contributed by atoms with van der Waals surface area (Å²) in [7, 11) is 0. The number of nitrogens with two attached hydrogens (primary N) is 1. The molecule has 0 radical (unpaired) electrons. The SMILES string of the molecule is N#C/C(=C(/N)c1ccc(I)cc1)c1ccncc1. The fraction of sp³-hybridized carbons (Fsp3) is 0. The Labute approximate surface area is 119 Å². The zero-order valence-electron chi connectivity index (χ0n) is 9.47. The van der Waals surface area contributed by atoms with E-state index in [0.29, 0.717) is 11.3 Å². The van der Waals surface area contributed by atoms with Gasteiger partial charge in [0.05, 0.1) is 11.3 Å². The molecule has 1 aromatic carbocycles. The first kappa shape index (κ1) is 12.6. The molecule has 0 aliphatic rings. The first-order valence-electron chi connectivity index (χ1n) is 5.28. The Bertz CT molecular complexity index is 610. The highest BCUT2D eigenvalue weighted by Gasteiger charge is 2.07. The molecule has 2 rings (SSSR count). The van der Waals surface area contributed by atoms with Gasteiger partial charge in [0.15, 0.2) is 0 Å². The molecule has 1 heterocycles. The van der Waals surface area contributed by atoms with Crippen LogP contribution >= 0.6 is 22.6 Å². The van der Waals surface area contributed by atoms with Gasteiger partial charge in [-0.05, 0) is 58.0 Å². The lowest BCUT2D eigenvalue weighted by atomic mass is 10.0. The maximum absolute atomic E-state index is 9.26. The van der Waals surface area contributed by atoms with E-state index in [2.05, 4.69) is 33.6 Å². The Morgan fingerprint density at radius 1 is 1.06 bits per heavy atom. The molecule has 0 spiro atoms. The number of nitriles is 1. The van der Waals surface area contributed by atoms with E-state index in [1.54, 1.807) is 24.5 Å². The molecule has 0 atom stereocenters. The average Bonchev–Trinajstić information content (AvgIpc) is 2.41. The van der Waals surface area contributed by atoms with Crippen LogP contribution < -0.4 is 5.73 Å². The van der Waals surface area contributed by atoms with Crippen molar-refractivity contribution in [3.05, 3.63) is 63.5 Å². The lowest BCUT2D eigenvalue weighted by Crippen LogP contribution is -2.00. The van der Waals surface area contributed by atoms with Gasteiger partial charge in [0.2, 0.25) is 0 Å². The van der Waals surface area contributed by atoms with Gasteiger partial charge in [0.1, 0.15) is 6.07 Å². The van der Waals surface area contributed by atoms with Crippen molar-refractivity contribution in [2.24, 2.45) is 5.73 Å². The van der Waals surface area contributed by atoms with Gasteiger partial charge in [0.25, 0.3) is 0 Å². The number of allylic oxidation sites excluding steroid dienone is 1. The van der Waals surface area contributed by atoms with E-state index in [1.165, 1.54) is 0 Å². The Kier molecular flexibility index (Phi) is 3.95. The second-order valence-corrected chi connectivity index (χ2v) is 4.89. The number of hydrogen-bond donors (Lipinski definition) is 1. The van der Waals surface area contributed by atoms with E-state index < -0.39 is 0 Å². The van der Waals surface area contributed by atoms with Gasteiger partial charge in [0, 0.05) is 16.0 Å². The topological polar surface area (TPSA) is 62.7 Å². The van der Waals surface area contributed by atoms with Crippen LogP contribution in [0.2, 0.25) is 0 Å². The van der Waals surface area contributed by atoms with E-state index in [1.807, 2.05) is 24.3 Å². The van der Waals surface area contributed by atoms with Gasteiger partial charge in [-0.1, -0.05) is 12.1 Å². The Morgan fingerprint density at radius 2 is 1.67 bits per heavy atom. The monoisotopic (exact) mass is 347 g/mol. The summed E-state index contributed by atoms with van der Waals surface area (Å²) >= 11 is 2.23. The fourth-order valence-corrected chi connectivity index (χ4v) is 1.93. The van der Waals surface area contributed by atoms with Gasteiger partial charge >= 0.3 is 0 Å². The Hall–Kier alpha value is -1.87. The maximum atomic E-state index is 9.26. The van der Waals surface area contributed by atoms with Crippen LogP contribution in [0.15, 0.2) is 48.8 Å². The molecule has 2 N–H and O–H groups in total. The third kappa shape index (κ3) is 2.68. The minimum atomic E-state index is 0.471. The molecule has 0 aliphatic heterocycles. The van der Waals surface area contributed by atoms with E-state index >= 15 is 0 Å². The summed E-state index contributed by atoms with van der Waals surface area (Å²) < 4.78 is 1.13. The molecule has 0 aliphatic carbocycles. The zero-order chi connectivity index (χ0) is 13.0. The van der Waals surface area contributed by atoms with Crippen molar-refractivity contribution in [3.63, 3.8) is 0 Å². The van der Waals surface area contributed by atoms with Gasteiger partial charge in [-0.3, -0.25) is 4.98 Å². The van der Waals surface area contributed by atoms with Crippen LogP contribution in [0.5, 0.6) is 0 Å². The molecule has 0 unspecified atom stereocenters. The third-order valence-electron chi connectivity index (χ3n) is 2.51. The van der Waals surface area contributed by atoms with Crippen LogP contribution in [0.1, 0.15) is 11.1 Å². The van der Waals surface area contributed by atoms with Crippen LogP contribution in [0.25, 0.3) is 11.3 Å². The molecule has 88 valence electrons. The average molecular weight is 347 g/mol. The quantitative estimate of drug-likeness (QED) is 0.671. The number of benzene rings is 1. The molecule has 0 bridgehead atoms. The number of halogens is 1. The standard InChI is InChI=1S/C14H10IN3/c15-12-3-1-11(2-4-12)14(17)13(9-16)10-5-7-18-8-6-10/h1-8H,17H2/b14-13-. The summed E-state index contributed by atoms with van der Waals surface area (Å²) in [6, 6.07) is 13.5. The van der Waals surface area contributed by atoms with Crippen LogP contribution in [-0.4, -0.2) is 4.98 Å². The molecule has 0 fully saturated rings. The zero-order valence-corrected chi connectivity index (χ0v) is 11.6. The Balaban J connectivity index is 2.51. The first-order valence-corrected chi connectivity index (χ1v) is 6.36. The minimum absolute atomic E-state index is 0.471. The molecule has 4 heteroatoms. The second-order valence-electron chi connectivity index (χ2n) is 3.64. The molecule has 1 aromatic heterocycles. The largest absolute Gasteiger partial charge is 0.397 e. The molecule has 0 saturated heterocycles. The summed E-state index contributed by atoms with van der Waals surface area (Å²) in [5.41, 5.74) is 8.66. The van der Waals surface area contributed by atoms with Crippen molar-refractivity contribution in [1.82, 2.24) is 4.98 Å². The van der Waals surface area contributed by atoms with Crippen molar-refractivity contribution < 1.29 is 0 Å². The van der Waals surface area contributed by atoms with E-state index in [9.17, 15) is 5.26 Å². The van der Waals surface area contributed by atoms with Crippen LogP contribution in [0.4, 0.5) is 0 Å². The molecular formula is C14H10IN3. The number of nitrogens with zero attached hydrogens (tertiary/aromatic N) is 2. The van der Waals surface area contributed by atoms with E-state index in [0.717, 1.165) is 14.7 Å². The van der Waals surface area contributed by atoms with E-state index in [-0.39, 0.29) is 0 Å². The second kappa shape index (κ2) is 5.65. The normalized spacial score (nSPS) is 11.6. The van der Waals surface area contributed by atoms with E-state index in [4.69, 9.17) is 5.73 Å². The highest BCUT2D eigenvalue weighted by Crippen LogP contribution is 2.22. The van der Waals surface area contributed by atoms with Gasteiger partial charge in [-0.2, -0.15) is 5.26 Å². The maximum Gasteiger partial charge on any atom is 0.102 e. The molecule has 0 amide bonds. The molecule has 18 heavy (non-hydrogen) atoms. The van der Waals surface area contributed by atoms with Crippen molar-refractivity contribution in [1.29, 1.82) is 5.26 Å². The van der Waals surface area contributed by atoms with Gasteiger partial charge < -0.3 is 5.73 Å². The predicted molar refractivity (Wildman–Crippen MR) is 80.0 cm³/mol. The summed E-state index contributed by atoms with van der Waals surface area (Å²) in [6.07, 6.45) is 3.29. The fourth-order valence-electron chi connectivity index (χ4n) is 1.57. The molecule has 0 saturated carbocycles. The predicted octanol–water partition coefficient (Wildman–Crippen LogP) is 3.04. The highest BCUT2D eigenvalue weighted by atomic mass is 127. The smallest absolute Gasteiger partial charge is 0.102 e. The van der Waals surface area contributed by atoms with Crippen molar-refractivity contribution >= 4 is 33.9 Å². The van der Waals surface area contributed by atoms with Crippen molar-refractivity contribution in [2.75, 3.05) is 0 Å². The van der Waals surface area contributed by atoms with Gasteiger partial charge in [-0.25, -0.2) is 0 Å².